The SMILES string of the molecule is CCCNC(CC)(CCCSC)C(=O)O. The highest BCUT2D eigenvalue weighted by Crippen LogP contribution is 2.19. The molecule has 0 aromatic carbocycles. The Kier molecular flexibility index (Phi) is 7.88. The lowest BCUT2D eigenvalue weighted by molar-refractivity contribution is -0.145. The van der Waals surface area contributed by atoms with Crippen LogP contribution >= 0.6 is 11.8 Å². The van der Waals surface area contributed by atoms with Crippen molar-refractivity contribution in [3.8, 4) is 0 Å². The first-order valence-electron chi connectivity index (χ1n) is 5.60. The molecule has 15 heavy (non-hydrogen) atoms. The zero-order chi connectivity index (χ0) is 11.7. The van der Waals surface area contributed by atoms with Gasteiger partial charge in [0.1, 0.15) is 5.54 Å². The highest BCUT2D eigenvalue weighted by Gasteiger charge is 2.34. The Balaban J connectivity index is 4.30. The van der Waals surface area contributed by atoms with Crippen LogP contribution in [0.2, 0.25) is 0 Å². The van der Waals surface area contributed by atoms with E-state index in [0.717, 1.165) is 31.6 Å². The Hall–Kier alpha value is -0.220. The van der Waals surface area contributed by atoms with Crippen LogP contribution in [-0.4, -0.2) is 35.2 Å². The van der Waals surface area contributed by atoms with Crippen LogP contribution in [0.25, 0.3) is 0 Å². The van der Waals surface area contributed by atoms with Crippen molar-refractivity contribution >= 4 is 17.7 Å². The number of carboxylic acid groups (broad SMARTS) is 1. The number of aliphatic carboxylic acids is 1. The Morgan fingerprint density at radius 3 is 2.53 bits per heavy atom. The second kappa shape index (κ2) is 7.99. The molecule has 4 heteroatoms. The largest absolute Gasteiger partial charge is 0.480 e. The maximum absolute atomic E-state index is 11.3. The lowest BCUT2D eigenvalue weighted by Gasteiger charge is -2.29. The summed E-state index contributed by atoms with van der Waals surface area (Å²) in [5.74, 6) is 0.322. The maximum atomic E-state index is 11.3. The number of carboxylic acids is 1. The number of rotatable bonds is 9. The van der Waals surface area contributed by atoms with Crippen LogP contribution < -0.4 is 5.32 Å². The normalized spacial score (nSPS) is 14.9. The number of nitrogens with one attached hydrogen (secondary N) is 1. The third-order valence-electron chi connectivity index (χ3n) is 2.68. The van der Waals surface area contributed by atoms with Crippen molar-refractivity contribution in [2.24, 2.45) is 0 Å². The highest BCUT2D eigenvalue weighted by molar-refractivity contribution is 7.98. The molecule has 3 nitrogen and oxygen atoms in total. The van der Waals surface area contributed by atoms with Gasteiger partial charge in [0.2, 0.25) is 0 Å². The van der Waals surface area contributed by atoms with Crippen LogP contribution in [0.1, 0.15) is 39.5 Å². The first kappa shape index (κ1) is 14.8. The van der Waals surface area contributed by atoms with Crippen LogP contribution in [-0.2, 0) is 4.79 Å². The lowest BCUT2D eigenvalue weighted by Crippen LogP contribution is -2.52. The van der Waals surface area contributed by atoms with E-state index in [0.29, 0.717) is 6.42 Å². The molecule has 0 aliphatic carbocycles. The predicted molar refractivity (Wildman–Crippen MR) is 66.6 cm³/mol. The van der Waals surface area contributed by atoms with E-state index in [1.54, 1.807) is 11.8 Å². The molecule has 0 rings (SSSR count). The minimum atomic E-state index is -0.709. The van der Waals surface area contributed by atoms with Gasteiger partial charge in [-0.2, -0.15) is 11.8 Å². The molecule has 2 N–H and O–H groups in total. The molecule has 0 aliphatic heterocycles. The van der Waals surface area contributed by atoms with Gasteiger partial charge in [-0.3, -0.25) is 4.79 Å². The summed E-state index contributed by atoms with van der Waals surface area (Å²) in [6, 6.07) is 0. The zero-order valence-corrected chi connectivity index (χ0v) is 10.8. The van der Waals surface area contributed by atoms with E-state index in [2.05, 4.69) is 12.2 Å². The molecule has 0 radical (unpaired) electrons. The van der Waals surface area contributed by atoms with E-state index in [1.807, 2.05) is 13.2 Å². The van der Waals surface area contributed by atoms with Crippen molar-refractivity contribution in [3.05, 3.63) is 0 Å². The smallest absolute Gasteiger partial charge is 0.323 e. The van der Waals surface area contributed by atoms with Crippen molar-refractivity contribution in [1.29, 1.82) is 0 Å². The summed E-state index contributed by atoms with van der Waals surface area (Å²) in [7, 11) is 0. The summed E-state index contributed by atoms with van der Waals surface area (Å²) in [6.07, 6.45) is 5.35. The molecule has 0 aromatic rings. The van der Waals surface area contributed by atoms with E-state index >= 15 is 0 Å². The Labute approximate surface area is 97.0 Å². The topological polar surface area (TPSA) is 49.3 Å². The number of hydrogen-bond donors (Lipinski definition) is 2. The van der Waals surface area contributed by atoms with Gasteiger partial charge in [-0.1, -0.05) is 13.8 Å². The van der Waals surface area contributed by atoms with Gasteiger partial charge in [-0.15, -0.1) is 0 Å². The molecular weight excluding hydrogens is 210 g/mol. The van der Waals surface area contributed by atoms with E-state index in [4.69, 9.17) is 0 Å². The van der Waals surface area contributed by atoms with Gasteiger partial charge in [0.05, 0.1) is 0 Å². The number of hydrogen-bond acceptors (Lipinski definition) is 3. The van der Waals surface area contributed by atoms with E-state index in [-0.39, 0.29) is 0 Å². The average Bonchev–Trinajstić information content (AvgIpc) is 2.23. The Morgan fingerprint density at radius 1 is 1.47 bits per heavy atom. The molecule has 1 unspecified atom stereocenters. The van der Waals surface area contributed by atoms with Crippen LogP contribution in [0.15, 0.2) is 0 Å². The fourth-order valence-corrected chi connectivity index (χ4v) is 2.04. The maximum Gasteiger partial charge on any atom is 0.323 e. The summed E-state index contributed by atoms with van der Waals surface area (Å²) in [5.41, 5.74) is -0.703. The van der Waals surface area contributed by atoms with Crippen LogP contribution in [0, 0.1) is 0 Å². The van der Waals surface area contributed by atoms with Crippen molar-refractivity contribution in [1.82, 2.24) is 5.32 Å². The predicted octanol–water partition coefficient (Wildman–Crippen LogP) is 2.36. The molecule has 1 atom stereocenters. The monoisotopic (exact) mass is 233 g/mol. The molecule has 0 bridgehead atoms. The molecule has 0 aliphatic rings. The first-order chi connectivity index (χ1) is 7.13. The van der Waals surface area contributed by atoms with Gasteiger partial charge in [-0.05, 0) is 44.2 Å². The van der Waals surface area contributed by atoms with Gasteiger partial charge < -0.3 is 10.4 Å². The molecule has 0 saturated carbocycles. The fraction of sp³-hybridized carbons (Fsp3) is 0.909. The standard InChI is InChI=1S/C11H23NO2S/c1-4-8-12-11(5-2,10(13)14)7-6-9-15-3/h12H,4-9H2,1-3H3,(H,13,14). The second-order valence-electron chi connectivity index (χ2n) is 3.76. The molecule has 0 amide bonds. The quantitative estimate of drug-likeness (QED) is 0.600. The third-order valence-corrected chi connectivity index (χ3v) is 3.38. The van der Waals surface area contributed by atoms with Crippen LogP contribution in [0.5, 0.6) is 0 Å². The summed E-state index contributed by atoms with van der Waals surface area (Å²) < 4.78 is 0. The number of thioether (sulfide) groups is 1. The molecule has 0 fully saturated rings. The average molecular weight is 233 g/mol. The van der Waals surface area contributed by atoms with Crippen molar-refractivity contribution in [2.75, 3.05) is 18.6 Å². The van der Waals surface area contributed by atoms with E-state index in [1.165, 1.54) is 0 Å². The number of carbonyl (C=O) groups is 1. The summed E-state index contributed by atoms with van der Waals surface area (Å²) in [6.45, 7) is 4.77. The van der Waals surface area contributed by atoms with Gasteiger partial charge in [0.15, 0.2) is 0 Å². The van der Waals surface area contributed by atoms with Crippen molar-refractivity contribution in [2.45, 2.75) is 45.1 Å². The third kappa shape index (κ3) is 4.89. The summed E-state index contributed by atoms with van der Waals surface area (Å²) in [4.78, 5) is 11.3. The Bertz CT molecular complexity index is 187. The van der Waals surface area contributed by atoms with E-state index < -0.39 is 11.5 Å². The van der Waals surface area contributed by atoms with Gasteiger partial charge in [-0.25, -0.2) is 0 Å². The minimum absolute atomic E-state index is 0.650. The second-order valence-corrected chi connectivity index (χ2v) is 4.75. The fourth-order valence-electron chi connectivity index (χ4n) is 1.61. The summed E-state index contributed by atoms with van der Waals surface area (Å²) >= 11 is 1.77. The van der Waals surface area contributed by atoms with Gasteiger partial charge >= 0.3 is 5.97 Å². The highest BCUT2D eigenvalue weighted by atomic mass is 32.2. The first-order valence-corrected chi connectivity index (χ1v) is 6.99. The molecular formula is C11H23NO2S. The molecule has 0 saturated heterocycles. The van der Waals surface area contributed by atoms with Gasteiger partial charge in [0.25, 0.3) is 0 Å². The summed E-state index contributed by atoms with van der Waals surface area (Å²) in [5, 5.41) is 12.5. The van der Waals surface area contributed by atoms with Crippen molar-refractivity contribution < 1.29 is 9.90 Å². The molecule has 0 aromatic heterocycles. The molecule has 0 heterocycles. The van der Waals surface area contributed by atoms with Gasteiger partial charge in [0, 0.05) is 0 Å². The zero-order valence-electron chi connectivity index (χ0n) is 10.0. The minimum Gasteiger partial charge on any atom is -0.480 e. The molecule has 0 spiro atoms. The molecule has 90 valence electrons. The van der Waals surface area contributed by atoms with Crippen LogP contribution in [0.4, 0.5) is 0 Å². The van der Waals surface area contributed by atoms with Crippen LogP contribution in [0.3, 0.4) is 0 Å². The Morgan fingerprint density at radius 2 is 2.13 bits per heavy atom. The van der Waals surface area contributed by atoms with Crippen molar-refractivity contribution in [3.63, 3.8) is 0 Å². The van der Waals surface area contributed by atoms with E-state index in [9.17, 15) is 9.90 Å². The lowest BCUT2D eigenvalue weighted by atomic mass is 9.90.